The summed E-state index contributed by atoms with van der Waals surface area (Å²) in [6.45, 7) is 7.17. The van der Waals surface area contributed by atoms with Crippen LogP contribution in [-0.4, -0.2) is 74.8 Å². The lowest BCUT2D eigenvalue weighted by Crippen LogP contribution is -2.46. The number of allylic oxidation sites excluding steroid dienone is 1. The molecule has 1 aliphatic carbocycles. The van der Waals surface area contributed by atoms with Crippen LogP contribution >= 0.6 is 24.0 Å². The third kappa shape index (κ3) is 5.59. The number of halogens is 1. The maximum absolute atomic E-state index is 5.47. The molecule has 1 unspecified atom stereocenters. The van der Waals surface area contributed by atoms with Crippen molar-refractivity contribution in [1.82, 2.24) is 15.1 Å². The van der Waals surface area contributed by atoms with E-state index in [4.69, 9.17) is 4.74 Å². The van der Waals surface area contributed by atoms with Gasteiger partial charge in [-0.05, 0) is 38.5 Å². The van der Waals surface area contributed by atoms with Gasteiger partial charge in [-0.1, -0.05) is 11.6 Å². The van der Waals surface area contributed by atoms with E-state index >= 15 is 0 Å². The van der Waals surface area contributed by atoms with E-state index in [2.05, 4.69) is 26.2 Å². The fourth-order valence-electron chi connectivity index (χ4n) is 3.97. The Morgan fingerprint density at radius 3 is 2.83 bits per heavy atom. The molecule has 0 bridgehead atoms. The Morgan fingerprint density at radius 1 is 1.29 bits per heavy atom. The summed E-state index contributed by atoms with van der Waals surface area (Å²) in [4.78, 5) is 9.51. The van der Waals surface area contributed by atoms with E-state index in [-0.39, 0.29) is 24.0 Å². The van der Waals surface area contributed by atoms with Gasteiger partial charge in [0.1, 0.15) is 0 Å². The zero-order valence-corrected chi connectivity index (χ0v) is 17.3. The number of hydrogen-bond donors (Lipinski definition) is 1. The van der Waals surface area contributed by atoms with Gasteiger partial charge in [-0.2, -0.15) is 0 Å². The van der Waals surface area contributed by atoms with Gasteiger partial charge in [0.25, 0.3) is 0 Å². The van der Waals surface area contributed by atoms with Crippen LogP contribution in [0.25, 0.3) is 0 Å². The van der Waals surface area contributed by atoms with Crippen molar-refractivity contribution in [1.29, 1.82) is 0 Å². The largest absolute Gasteiger partial charge is 0.379 e. The van der Waals surface area contributed by atoms with Gasteiger partial charge < -0.3 is 15.0 Å². The van der Waals surface area contributed by atoms with Crippen LogP contribution in [-0.2, 0) is 4.74 Å². The summed E-state index contributed by atoms with van der Waals surface area (Å²) in [5.41, 5.74) is 1.63. The molecule has 0 aromatic rings. The first kappa shape index (κ1) is 20.0. The van der Waals surface area contributed by atoms with Crippen molar-refractivity contribution in [3.63, 3.8) is 0 Å². The van der Waals surface area contributed by atoms with E-state index in [1.165, 1.54) is 38.5 Å². The topological polar surface area (TPSA) is 40.1 Å². The fourth-order valence-corrected chi connectivity index (χ4v) is 3.97. The van der Waals surface area contributed by atoms with Crippen LogP contribution in [0.2, 0.25) is 0 Å². The molecule has 2 heterocycles. The average molecular weight is 448 g/mol. The molecule has 24 heavy (non-hydrogen) atoms. The SMILES string of the molecule is CN=C(NCCC1=CCCCC1)N1CCC(N2CCOCC2)C1.I. The van der Waals surface area contributed by atoms with Crippen LogP contribution in [0.5, 0.6) is 0 Å². The van der Waals surface area contributed by atoms with Crippen molar-refractivity contribution in [3.8, 4) is 0 Å². The van der Waals surface area contributed by atoms with Gasteiger partial charge in [-0.25, -0.2) is 0 Å². The minimum Gasteiger partial charge on any atom is -0.379 e. The van der Waals surface area contributed by atoms with Crippen LogP contribution in [0.3, 0.4) is 0 Å². The predicted molar refractivity (Wildman–Crippen MR) is 110 cm³/mol. The standard InChI is InChI=1S/C18H32N4O.HI/c1-19-18(20-9-7-16-5-3-2-4-6-16)22-10-8-17(15-22)21-11-13-23-14-12-21;/h5,17H,2-4,6-15H2,1H3,(H,19,20);1H. The van der Waals surface area contributed by atoms with Crippen LogP contribution in [0, 0.1) is 0 Å². The van der Waals surface area contributed by atoms with Gasteiger partial charge >= 0.3 is 0 Å². The average Bonchev–Trinajstić information content (AvgIpc) is 3.10. The molecule has 0 spiro atoms. The van der Waals surface area contributed by atoms with Crippen molar-refractivity contribution < 1.29 is 4.74 Å². The second-order valence-electron chi connectivity index (χ2n) is 6.87. The highest BCUT2D eigenvalue weighted by Gasteiger charge is 2.30. The first-order valence-electron chi connectivity index (χ1n) is 9.32. The molecular weight excluding hydrogens is 415 g/mol. The smallest absolute Gasteiger partial charge is 0.193 e. The van der Waals surface area contributed by atoms with E-state index < -0.39 is 0 Å². The highest BCUT2D eigenvalue weighted by Crippen LogP contribution is 2.20. The molecule has 2 saturated heterocycles. The Morgan fingerprint density at radius 2 is 2.12 bits per heavy atom. The molecule has 0 aromatic heterocycles. The van der Waals surface area contributed by atoms with E-state index in [1.54, 1.807) is 5.57 Å². The Balaban J connectivity index is 0.00000208. The number of hydrogen-bond acceptors (Lipinski definition) is 3. The van der Waals surface area contributed by atoms with Gasteiger partial charge in [0, 0.05) is 45.8 Å². The van der Waals surface area contributed by atoms with E-state index in [1.807, 2.05) is 7.05 Å². The minimum atomic E-state index is 0. The summed E-state index contributed by atoms with van der Waals surface area (Å²) in [6, 6.07) is 0.665. The second kappa shape index (κ2) is 10.6. The molecule has 5 nitrogen and oxygen atoms in total. The van der Waals surface area contributed by atoms with Crippen LogP contribution in [0.1, 0.15) is 38.5 Å². The third-order valence-corrected chi connectivity index (χ3v) is 5.35. The van der Waals surface area contributed by atoms with Crippen LogP contribution < -0.4 is 5.32 Å². The van der Waals surface area contributed by atoms with E-state index in [0.29, 0.717) is 6.04 Å². The summed E-state index contributed by atoms with van der Waals surface area (Å²) in [5.74, 6) is 1.08. The molecule has 0 aromatic carbocycles. The molecular formula is C18H33IN4O. The van der Waals surface area contributed by atoms with Crippen molar-refractivity contribution >= 4 is 29.9 Å². The number of aliphatic imine (C=N–C) groups is 1. The molecule has 2 fully saturated rings. The van der Waals surface area contributed by atoms with Crippen LogP contribution in [0.4, 0.5) is 0 Å². The number of guanidine groups is 1. The molecule has 2 aliphatic heterocycles. The molecule has 138 valence electrons. The normalized spacial score (nSPS) is 26.0. The monoisotopic (exact) mass is 448 g/mol. The summed E-state index contributed by atoms with van der Waals surface area (Å²) in [5, 5.41) is 3.57. The lowest BCUT2D eigenvalue weighted by atomic mass is 9.97. The zero-order chi connectivity index (χ0) is 15.9. The van der Waals surface area contributed by atoms with Gasteiger partial charge in [-0.3, -0.25) is 9.89 Å². The summed E-state index contributed by atoms with van der Waals surface area (Å²) >= 11 is 0. The molecule has 3 rings (SSSR count). The lowest BCUT2D eigenvalue weighted by Gasteiger charge is -2.32. The highest BCUT2D eigenvalue weighted by molar-refractivity contribution is 14.0. The molecule has 0 radical (unpaired) electrons. The first-order chi connectivity index (χ1) is 11.4. The van der Waals surface area contributed by atoms with Crippen molar-refractivity contribution in [2.75, 3.05) is 53.0 Å². The van der Waals surface area contributed by atoms with Gasteiger partial charge in [0.05, 0.1) is 13.2 Å². The van der Waals surface area contributed by atoms with Gasteiger partial charge in [0.2, 0.25) is 0 Å². The number of nitrogens with one attached hydrogen (secondary N) is 1. The predicted octanol–water partition coefficient (Wildman–Crippen LogP) is 2.48. The van der Waals surface area contributed by atoms with Crippen molar-refractivity contribution in [2.45, 2.75) is 44.6 Å². The summed E-state index contributed by atoms with van der Waals surface area (Å²) < 4.78 is 5.47. The zero-order valence-electron chi connectivity index (χ0n) is 15.0. The highest BCUT2D eigenvalue weighted by atomic mass is 127. The molecule has 0 saturated carbocycles. The molecule has 6 heteroatoms. The maximum atomic E-state index is 5.47. The Labute approximate surface area is 163 Å². The maximum Gasteiger partial charge on any atom is 0.193 e. The summed E-state index contributed by atoms with van der Waals surface area (Å²) in [6.07, 6.45) is 10.2. The van der Waals surface area contributed by atoms with Crippen LogP contribution in [0.15, 0.2) is 16.6 Å². The number of ether oxygens (including phenoxy) is 1. The Bertz CT molecular complexity index is 435. The van der Waals surface area contributed by atoms with E-state index in [0.717, 1.165) is 51.9 Å². The fraction of sp³-hybridized carbons (Fsp3) is 0.833. The third-order valence-electron chi connectivity index (χ3n) is 5.35. The molecule has 0 amide bonds. The molecule has 1 N–H and O–H groups in total. The second-order valence-corrected chi connectivity index (χ2v) is 6.87. The number of likely N-dealkylation sites (tertiary alicyclic amines) is 1. The van der Waals surface area contributed by atoms with Gasteiger partial charge in [0.15, 0.2) is 5.96 Å². The quantitative estimate of drug-likeness (QED) is 0.311. The molecule has 3 aliphatic rings. The molecule has 1 atom stereocenters. The van der Waals surface area contributed by atoms with Gasteiger partial charge in [-0.15, -0.1) is 24.0 Å². The summed E-state index contributed by atoms with van der Waals surface area (Å²) in [7, 11) is 1.91. The number of rotatable bonds is 4. The number of morpholine rings is 1. The van der Waals surface area contributed by atoms with Crippen molar-refractivity contribution in [3.05, 3.63) is 11.6 Å². The number of nitrogens with zero attached hydrogens (tertiary/aromatic N) is 3. The Hall–Kier alpha value is -0.340. The Kier molecular flexibility index (Phi) is 8.83. The lowest BCUT2D eigenvalue weighted by molar-refractivity contribution is 0.0195. The van der Waals surface area contributed by atoms with E-state index in [9.17, 15) is 0 Å². The first-order valence-corrected chi connectivity index (χ1v) is 9.32. The van der Waals surface area contributed by atoms with Crippen molar-refractivity contribution in [2.24, 2.45) is 4.99 Å². The minimum absolute atomic E-state index is 0.